The number of rotatable bonds is 7. The van der Waals surface area contributed by atoms with E-state index in [1.54, 1.807) is 12.1 Å². The van der Waals surface area contributed by atoms with Gasteiger partial charge in [-0.15, -0.1) is 0 Å². The van der Waals surface area contributed by atoms with Gasteiger partial charge in [0.15, 0.2) is 0 Å². The van der Waals surface area contributed by atoms with E-state index in [0.29, 0.717) is 12.5 Å². The van der Waals surface area contributed by atoms with E-state index in [1.807, 2.05) is 6.92 Å². The Morgan fingerprint density at radius 1 is 1.26 bits per heavy atom. The normalized spacial score (nSPS) is 13.5. The fraction of sp³-hybridized carbons (Fsp3) is 0.538. The van der Waals surface area contributed by atoms with Crippen LogP contribution in [0.25, 0.3) is 0 Å². The van der Waals surface area contributed by atoms with Crippen molar-refractivity contribution in [3.8, 4) is 0 Å². The third kappa shape index (κ3) is 7.44. The number of halogens is 3. The predicted octanol–water partition coefficient (Wildman–Crippen LogP) is 3.41. The average Bonchev–Trinajstić information content (AvgIpc) is 2.30. The highest BCUT2D eigenvalue weighted by atomic mass is 32.2. The van der Waals surface area contributed by atoms with Gasteiger partial charge in [0.1, 0.15) is 0 Å². The van der Waals surface area contributed by atoms with Gasteiger partial charge >= 0.3 is 5.51 Å². The Morgan fingerprint density at radius 2 is 1.89 bits per heavy atom. The molecule has 1 unspecified atom stereocenters. The fourth-order valence-electron chi connectivity index (χ4n) is 1.59. The van der Waals surface area contributed by atoms with Crippen LogP contribution in [0, 0.1) is 5.92 Å². The molecule has 1 aromatic rings. The molecule has 0 aliphatic carbocycles. The number of thioether (sulfide) groups is 1. The van der Waals surface area contributed by atoms with Gasteiger partial charge in [-0.2, -0.15) is 13.2 Å². The number of hydrogen-bond donors (Lipinski definition) is 2. The highest BCUT2D eigenvalue weighted by Crippen LogP contribution is 2.36. The molecule has 0 fully saturated rings. The Morgan fingerprint density at radius 3 is 2.42 bits per heavy atom. The monoisotopic (exact) mass is 293 g/mol. The zero-order chi connectivity index (χ0) is 14.3. The zero-order valence-corrected chi connectivity index (χ0v) is 11.5. The van der Waals surface area contributed by atoms with Crippen molar-refractivity contribution in [1.82, 2.24) is 5.32 Å². The quantitative estimate of drug-likeness (QED) is 0.756. The van der Waals surface area contributed by atoms with E-state index in [9.17, 15) is 13.2 Å². The first kappa shape index (κ1) is 16.3. The molecule has 1 aromatic carbocycles. The highest BCUT2D eigenvalue weighted by Gasteiger charge is 2.28. The predicted molar refractivity (Wildman–Crippen MR) is 70.9 cm³/mol. The Balaban J connectivity index is 2.36. The minimum atomic E-state index is -4.24. The third-order valence-corrected chi connectivity index (χ3v) is 3.34. The number of alkyl halides is 3. The van der Waals surface area contributed by atoms with Gasteiger partial charge < -0.3 is 10.4 Å². The SMILES string of the molecule is CC(CCO)CNCc1ccc(SC(F)(F)F)cc1. The van der Waals surface area contributed by atoms with Gasteiger partial charge in [-0.25, -0.2) is 0 Å². The van der Waals surface area contributed by atoms with Gasteiger partial charge in [0.2, 0.25) is 0 Å². The van der Waals surface area contributed by atoms with Gasteiger partial charge in [0, 0.05) is 18.0 Å². The summed E-state index contributed by atoms with van der Waals surface area (Å²) >= 11 is -0.103. The van der Waals surface area contributed by atoms with Crippen molar-refractivity contribution >= 4 is 11.8 Å². The summed E-state index contributed by atoms with van der Waals surface area (Å²) < 4.78 is 36.4. The van der Waals surface area contributed by atoms with Crippen LogP contribution in [-0.4, -0.2) is 23.8 Å². The molecule has 0 aromatic heterocycles. The van der Waals surface area contributed by atoms with Crippen LogP contribution in [0.3, 0.4) is 0 Å². The molecule has 0 radical (unpaired) electrons. The second-order valence-corrected chi connectivity index (χ2v) is 5.58. The molecule has 0 saturated carbocycles. The van der Waals surface area contributed by atoms with Crippen LogP contribution < -0.4 is 5.32 Å². The number of hydrogen-bond acceptors (Lipinski definition) is 3. The minimum Gasteiger partial charge on any atom is -0.396 e. The molecule has 0 bridgehead atoms. The summed E-state index contributed by atoms with van der Waals surface area (Å²) in [5, 5.41) is 12.0. The third-order valence-electron chi connectivity index (χ3n) is 2.60. The van der Waals surface area contributed by atoms with Crippen LogP contribution in [0.1, 0.15) is 18.9 Å². The van der Waals surface area contributed by atoms with Gasteiger partial charge in [-0.05, 0) is 48.3 Å². The first-order valence-electron chi connectivity index (χ1n) is 6.07. The van der Waals surface area contributed by atoms with E-state index < -0.39 is 5.51 Å². The average molecular weight is 293 g/mol. The molecule has 0 heterocycles. The molecular weight excluding hydrogens is 275 g/mol. The second-order valence-electron chi connectivity index (χ2n) is 4.44. The number of aliphatic hydroxyl groups is 1. The van der Waals surface area contributed by atoms with Crippen molar-refractivity contribution in [2.75, 3.05) is 13.2 Å². The summed E-state index contributed by atoms with van der Waals surface area (Å²) in [5.74, 6) is 0.380. The van der Waals surface area contributed by atoms with Crippen molar-refractivity contribution in [1.29, 1.82) is 0 Å². The summed E-state index contributed by atoms with van der Waals surface area (Å²) in [4.78, 5) is 0.199. The minimum absolute atomic E-state index is 0.103. The Kier molecular flexibility index (Phi) is 6.68. The molecule has 2 N–H and O–H groups in total. The fourth-order valence-corrected chi connectivity index (χ4v) is 2.13. The highest BCUT2D eigenvalue weighted by molar-refractivity contribution is 8.00. The molecule has 6 heteroatoms. The standard InChI is InChI=1S/C13H18F3NOS/c1-10(6-7-18)8-17-9-11-2-4-12(5-3-11)19-13(14,15)16/h2-5,10,17-18H,6-9H2,1H3. The van der Waals surface area contributed by atoms with Crippen LogP contribution in [0.2, 0.25) is 0 Å². The van der Waals surface area contributed by atoms with E-state index in [0.717, 1.165) is 18.5 Å². The lowest BCUT2D eigenvalue weighted by molar-refractivity contribution is -0.0328. The summed E-state index contributed by atoms with van der Waals surface area (Å²) in [6, 6.07) is 6.34. The maximum absolute atomic E-state index is 12.1. The molecule has 0 amide bonds. The van der Waals surface area contributed by atoms with Crippen LogP contribution in [-0.2, 0) is 6.54 Å². The lowest BCUT2D eigenvalue weighted by Crippen LogP contribution is -2.21. The number of nitrogens with one attached hydrogen (secondary N) is 1. The molecule has 19 heavy (non-hydrogen) atoms. The van der Waals surface area contributed by atoms with Gasteiger partial charge in [-0.1, -0.05) is 19.1 Å². The number of benzene rings is 1. The Bertz CT molecular complexity index is 367. The molecular formula is C13H18F3NOS. The van der Waals surface area contributed by atoms with Gasteiger partial charge in [0.25, 0.3) is 0 Å². The van der Waals surface area contributed by atoms with E-state index in [-0.39, 0.29) is 23.3 Å². The lowest BCUT2D eigenvalue weighted by atomic mass is 10.1. The molecule has 0 saturated heterocycles. The smallest absolute Gasteiger partial charge is 0.396 e. The first-order valence-corrected chi connectivity index (χ1v) is 6.88. The summed E-state index contributed by atoms with van der Waals surface area (Å²) in [7, 11) is 0. The topological polar surface area (TPSA) is 32.3 Å². The van der Waals surface area contributed by atoms with Crippen molar-refractivity contribution in [2.24, 2.45) is 5.92 Å². The maximum atomic E-state index is 12.1. The van der Waals surface area contributed by atoms with Crippen LogP contribution in [0.4, 0.5) is 13.2 Å². The lowest BCUT2D eigenvalue weighted by Gasteiger charge is -2.11. The zero-order valence-electron chi connectivity index (χ0n) is 10.7. The second kappa shape index (κ2) is 7.77. The first-order chi connectivity index (χ1) is 8.90. The van der Waals surface area contributed by atoms with Gasteiger partial charge in [-0.3, -0.25) is 0 Å². The van der Waals surface area contributed by atoms with Crippen molar-refractivity contribution in [3.63, 3.8) is 0 Å². The van der Waals surface area contributed by atoms with Crippen LogP contribution in [0.5, 0.6) is 0 Å². The number of aliphatic hydroxyl groups excluding tert-OH is 1. The molecule has 108 valence electrons. The summed E-state index contributed by atoms with van der Waals surface area (Å²) in [6.07, 6.45) is 0.744. The Hall–Kier alpha value is -0.720. The summed E-state index contributed by atoms with van der Waals surface area (Å²) in [6.45, 7) is 3.60. The van der Waals surface area contributed by atoms with E-state index >= 15 is 0 Å². The van der Waals surface area contributed by atoms with Crippen molar-refractivity contribution in [3.05, 3.63) is 29.8 Å². The van der Waals surface area contributed by atoms with E-state index in [4.69, 9.17) is 5.11 Å². The molecule has 1 rings (SSSR count). The Labute approximate surface area is 115 Å². The van der Waals surface area contributed by atoms with Crippen molar-refractivity contribution < 1.29 is 18.3 Å². The molecule has 2 nitrogen and oxygen atoms in total. The maximum Gasteiger partial charge on any atom is 0.446 e. The largest absolute Gasteiger partial charge is 0.446 e. The van der Waals surface area contributed by atoms with Gasteiger partial charge in [0.05, 0.1) is 0 Å². The van der Waals surface area contributed by atoms with E-state index in [2.05, 4.69) is 5.32 Å². The molecule has 0 aliphatic rings. The molecule has 0 spiro atoms. The van der Waals surface area contributed by atoms with Crippen LogP contribution in [0.15, 0.2) is 29.2 Å². The molecule has 0 aliphatic heterocycles. The summed E-state index contributed by atoms with van der Waals surface area (Å²) in [5.41, 5.74) is -3.29. The van der Waals surface area contributed by atoms with Crippen molar-refractivity contribution in [2.45, 2.75) is 30.3 Å². The molecule has 1 atom stereocenters. The van der Waals surface area contributed by atoms with Crippen LogP contribution >= 0.6 is 11.8 Å². The van der Waals surface area contributed by atoms with E-state index in [1.165, 1.54) is 12.1 Å².